The molecule has 2 rings (SSSR count). The summed E-state index contributed by atoms with van der Waals surface area (Å²) in [5.41, 5.74) is -0.0103. The average molecular weight is 304 g/mol. The van der Waals surface area contributed by atoms with Gasteiger partial charge in [-0.2, -0.15) is 0 Å². The summed E-state index contributed by atoms with van der Waals surface area (Å²) in [5, 5.41) is 0. The molecule has 1 amide bonds. The van der Waals surface area contributed by atoms with Crippen LogP contribution in [0.1, 0.15) is 12.8 Å². The highest BCUT2D eigenvalue weighted by Crippen LogP contribution is 2.32. The highest BCUT2D eigenvalue weighted by Gasteiger charge is 2.28. The lowest BCUT2D eigenvalue weighted by molar-refractivity contribution is -0.128. The van der Waals surface area contributed by atoms with E-state index in [9.17, 15) is 18.4 Å². The van der Waals surface area contributed by atoms with Crippen LogP contribution in [0.3, 0.4) is 0 Å². The maximum absolute atomic E-state index is 13.6. The zero-order valence-electron chi connectivity index (χ0n) is 8.67. The maximum Gasteiger partial charge on any atom is 0.234 e. The minimum Gasteiger partial charge on any atom is -0.308 e. The van der Waals surface area contributed by atoms with Gasteiger partial charge in [-0.05, 0) is 22.0 Å². The molecule has 17 heavy (non-hydrogen) atoms. The Morgan fingerprint density at radius 1 is 1.24 bits per heavy atom. The second-order valence-corrected chi connectivity index (χ2v) is 4.58. The van der Waals surface area contributed by atoms with E-state index in [1.165, 1.54) is 4.90 Å². The van der Waals surface area contributed by atoms with E-state index in [2.05, 4.69) is 15.9 Å². The Labute approximate surface area is 105 Å². The molecule has 0 radical (unpaired) electrons. The van der Waals surface area contributed by atoms with Crippen LogP contribution < -0.4 is 4.90 Å². The standard InChI is InChI=1S/C11H8BrF2NO2/c12-8-3-6(13)4-9(14)11(8)15-2-1-7(16)5-10(15)17/h3-4H,1-2,5H2. The number of carbonyl (C=O) groups is 2. The third kappa shape index (κ3) is 2.36. The van der Waals surface area contributed by atoms with Crippen molar-refractivity contribution in [1.82, 2.24) is 0 Å². The molecule has 0 N–H and O–H groups in total. The van der Waals surface area contributed by atoms with E-state index >= 15 is 0 Å². The average Bonchev–Trinajstić information content (AvgIpc) is 2.19. The van der Waals surface area contributed by atoms with Gasteiger partial charge in [-0.1, -0.05) is 0 Å². The van der Waals surface area contributed by atoms with E-state index in [-0.39, 0.29) is 35.3 Å². The van der Waals surface area contributed by atoms with Crippen molar-refractivity contribution >= 4 is 33.3 Å². The van der Waals surface area contributed by atoms with Crippen LogP contribution in [0.5, 0.6) is 0 Å². The largest absolute Gasteiger partial charge is 0.308 e. The normalized spacial score (nSPS) is 16.5. The van der Waals surface area contributed by atoms with Gasteiger partial charge in [0.1, 0.15) is 11.6 Å². The first kappa shape index (κ1) is 12.2. The van der Waals surface area contributed by atoms with Crippen molar-refractivity contribution in [2.75, 3.05) is 11.4 Å². The van der Waals surface area contributed by atoms with E-state index < -0.39 is 17.5 Å². The lowest BCUT2D eigenvalue weighted by atomic mass is 10.1. The fourth-order valence-electron chi connectivity index (χ4n) is 1.74. The monoisotopic (exact) mass is 303 g/mol. The quantitative estimate of drug-likeness (QED) is 0.747. The second kappa shape index (κ2) is 4.52. The third-order valence-electron chi connectivity index (χ3n) is 2.52. The zero-order valence-corrected chi connectivity index (χ0v) is 10.3. The van der Waals surface area contributed by atoms with Gasteiger partial charge in [-0.3, -0.25) is 9.59 Å². The number of Topliss-reactive ketones (excluding diaryl/α,β-unsaturated/α-hetero) is 1. The van der Waals surface area contributed by atoms with Crippen molar-refractivity contribution in [2.45, 2.75) is 12.8 Å². The SMILES string of the molecule is O=C1CCN(c2c(F)cc(F)cc2Br)C(=O)C1. The van der Waals surface area contributed by atoms with Crippen LogP contribution in [0.25, 0.3) is 0 Å². The highest BCUT2D eigenvalue weighted by atomic mass is 79.9. The van der Waals surface area contributed by atoms with Gasteiger partial charge in [-0.15, -0.1) is 0 Å². The van der Waals surface area contributed by atoms with Gasteiger partial charge in [0.2, 0.25) is 5.91 Å². The van der Waals surface area contributed by atoms with Gasteiger partial charge in [0.15, 0.2) is 5.82 Å². The fraction of sp³-hybridized carbons (Fsp3) is 0.273. The van der Waals surface area contributed by atoms with Crippen molar-refractivity contribution in [3.05, 3.63) is 28.2 Å². The summed E-state index contributed by atoms with van der Waals surface area (Å²) in [6, 6.07) is 1.80. The molecule has 1 aliphatic heterocycles. The molecule has 3 nitrogen and oxygen atoms in total. The number of halogens is 3. The van der Waals surface area contributed by atoms with Gasteiger partial charge in [0, 0.05) is 23.5 Å². The Bertz CT molecular complexity index is 481. The van der Waals surface area contributed by atoms with Crippen molar-refractivity contribution in [2.24, 2.45) is 0 Å². The Kier molecular flexibility index (Phi) is 3.24. The lowest BCUT2D eigenvalue weighted by Crippen LogP contribution is -2.39. The molecule has 6 heteroatoms. The first-order chi connectivity index (χ1) is 7.99. The molecular formula is C11H8BrF2NO2. The molecule has 0 unspecified atom stereocenters. The number of nitrogens with zero attached hydrogens (tertiary/aromatic N) is 1. The molecule has 0 atom stereocenters. The Morgan fingerprint density at radius 2 is 1.94 bits per heavy atom. The van der Waals surface area contributed by atoms with Gasteiger partial charge < -0.3 is 4.90 Å². The van der Waals surface area contributed by atoms with Crippen LogP contribution >= 0.6 is 15.9 Å². The first-order valence-corrected chi connectivity index (χ1v) is 5.75. The Hall–Kier alpha value is -1.30. The summed E-state index contributed by atoms with van der Waals surface area (Å²) in [6.07, 6.45) is -0.0434. The maximum atomic E-state index is 13.6. The number of amides is 1. The second-order valence-electron chi connectivity index (χ2n) is 3.73. The summed E-state index contributed by atoms with van der Waals surface area (Å²) in [7, 11) is 0. The van der Waals surface area contributed by atoms with Crippen LogP contribution in [0.2, 0.25) is 0 Å². The smallest absolute Gasteiger partial charge is 0.234 e. The summed E-state index contributed by atoms with van der Waals surface area (Å²) < 4.78 is 26.7. The number of ketones is 1. The van der Waals surface area contributed by atoms with Crippen LogP contribution in [-0.4, -0.2) is 18.2 Å². The predicted molar refractivity (Wildman–Crippen MR) is 60.7 cm³/mol. The van der Waals surface area contributed by atoms with Crippen LogP contribution in [0.4, 0.5) is 14.5 Å². The van der Waals surface area contributed by atoms with Gasteiger partial charge in [0.05, 0.1) is 12.1 Å². The van der Waals surface area contributed by atoms with Crippen LogP contribution in [-0.2, 0) is 9.59 Å². The molecule has 90 valence electrons. The molecular weight excluding hydrogens is 296 g/mol. The molecule has 1 heterocycles. The third-order valence-corrected chi connectivity index (χ3v) is 3.12. The Morgan fingerprint density at radius 3 is 2.53 bits per heavy atom. The van der Waals surface area contributed by atoms with Crippen molar-refractivity contribution in [1.29, 1.82) is 0 Å². The number of carbonyl (C=O) groups excluding carboxylic acids is 2. The molecule has 0 saturated carbocycles. The van der Waals surface area contributed by atoms with E-state index in [0.717, 1.165) is 6.07 Å². The predicted octanol–water partition coefficient (Wildman–Crippen LogP) is 2.42. The first-order valence-electron chi connectivity index (χ1n) is 4.95. The minimum absolute atomic E-state index is 0.0103. The minimum atomic E-state index is -0.820. The van der Waals surface area contributed by atoms with E-state index in [4.69, 9.17) is 0 Å². The summed E-state index contributed by atoms with van der Waals surface area (Å²) in [6.45, 7) is 0.124. The van der Waals surface area contributed by atoms with Crippen LogP contribution in [0, 0.1) is 11.6 Å². The summed E-state index contributed by atoms with van der Waals surface area (Å²) in [5.74, 6) is -2.17. The number of benzene rings is 1. The molecule has 1 aromatic rings. The number of rotatable bonds is 1. The molecule has 1 aliphatic rings. The summed E-state index contributed by atoms with van der Waals surface area (Å²) >= 11 is 3.02. The molecule has 0 aromatic heterocycles. The fourth-order valence-corrected chi connectivity index (χ4v) is 2.36. The van der Waals surface area contributed by atoms with Crippen LogP contribution in [0.15, 0.2) is 16.6 Å². The number of anilines is 1. The molecule has 1 fully saturated rings. The van der Waals surface area contributed by atoms with Crippen molar-refractivity contribution < 1.29 is 18.4 Å². The number of hydrogen-bond donors (Lipinski definition) is 0. The van der Waals surface area contributed by atoms with Gasteiger partial charge in [-0.25, -0.2) is 8.78 Å². The molecule has 0 aliphatic carbocycles. The molecule has 0 bridgehead atoms. The topological polar surface area (TPSA) is 37.4 Å². The van der Waals surface area contributed by atoms with E-state index in [1.807, 2.05) is 0 Å². The number of piperidine rings is 1. The van der Waals surface area contributed by atoms with Gasteiger partial charge >= 0.3 is 0 Å². The van der Waals surface area contributed by atoms with Crippen molar-refractivity contribution in [3.8, 4) is 0 Å². The van der Waals surface area contributed by atoms with E-state index in [0.29, 0.717) is 6.07 Å². The zero-order chi connectivity index (χ0) is 12.6. The molecule has 1 aromatic carbocycles. The number of hydrogen-bond acceptors (Lipinski definition) is 2. The Balaban J connectivity index is 2.40. The lowest BCUT2D eigenvalue weighted by Gasteiger charge is -2.27. The van der Waals surface area contributed by atoms with E-state index in [1.54, 1.807) is 0 Å². The van der Waals surface area contributed by atoms with Crippen molar-refractivity contribution in [3.63, 3.8) is 0 Å². The van der Waals surface area contributed by atoms with Gasteiger partial charge in [0.25, 0.3) is 0 Å². The molecule has 0 spiro atoms. The summed E-state index contributed by atoms with van der Waals surface area (Å²) in [4.78, 5) is 23.8. The highest BCUT2D eigenvalue weighted by molar-refractivity contribution is 9.10. The molecule has 1 saturated heterocycles.